The Labute approximate surface area is 120 Å². The molecule has 1 heterocycles. The van der Waals surface area contributed by atoms with Gasteiger partial charge in [-0.05, 0) is 26.7 Å². The Morgan fingerprint density at radius 1 is 1.35 bits per heavy atom. The van der Waals surface area contributed by atoms with Gasteiger partial charge in [0.2, 0.25) is 0 Å². The minimum Gasteiger partial charge on any atom is -0.444 e. The summed E-state index contributed by atoms with van der Waals surface area (Å²) in [4.78, 5) is 27.7. The second-order valence-corrected chi connectivity index (χ2v) is 6.93. The summed E-state index contributed by atoms with van der Waals surface area (Å²) in [6, 6.07) is 0. The molecule has 0 spiro atoms. The van der Waals surface area contributed by atoms with Crippen LogP contribution in [-0.4, -0.2) is 54.5 Å². The number of ether oxygens (including phenoxy) is 1. The number of Topliss-reactive ketones (excluding diaryl/α,β-unsaturated/α-hetero) is 1. The normalized spacial score (nSPS) is 27.9. The molecule has 1 aliphatic carbocycles. The van der Waals surface area contributed by atoms with E-state index in [1.807, 2.05) is 46.0 Å². The fourth-order valence-corrected chi connectivity index (χ4v) is 2.91. The summed E-state index contributed by atoms with van der Waals surface area (Å²) >= 11 is 0. The molecule has 0 bridgehead atoms. The molecule has 2 aliphatic rings. The van der Waals surface area contributed by atoms with E-state index in [2.05, 4.69) is 0 Å². The molecule has 5 heteroatoms. The van der Waals surface area contributed by atoms with Crippen LogP contribution in [0.2, 0.25) is 0 Å². The topological polar surface area (TPSA) is 49.9 Å². The molecule has 0 aromatic rings. The van der Waals surface area contributed by atoms with E-state index in [4.69, 9.17) is 4.74 Å². The van der Waals surface area contributed by atoms with Crippen molar-refractivity contribution in [3.8, 4) is 0 Å². The molecule has 2 atom stereocenters. The Morgan fingerprint density at radius 2 is 2.00 bits per heavy atom. The molecule has 2 unspecified atom stereocenters. The highest BCUT2D eigenvalue weighted by Gasteiger charge is 2.46. The van der Waals surface area contributed by atoms with Crippen molar-refractivity contribution in [2.75, 3.05) is 27.2 Å². The molecule has 0 aromatic heterocycles. The molecule has 1 aliphatic heterocycles. The van der Waals surface area contributed by atoms with E-state index in [0.29, 0.717) is 19.5 Å². The van der Waals surface area contributed by atoms with Gasteiger partial charge in [-0.1, -0.05) is 0 Å². The van der Waals surface area contributed by atoms with Crippen molar-refractivity contribution in [2.45, 2.75) is 32.8 Å². The van der Waals surface area contributed by atoms with Gasteiger partial charge in [0.15, 0.2) is 5.78 Å². The van der Waals surface area contributed by atoms with Crippen LogP contribution in [0, 0.1) is 11.8 Å². The van der Waals surface area contributed by atoms with Crippen LogP contribution in [0.15, 0.2) is 11.8 Å². The second-order valence-electron chi connectivity index (χ2n) is 6.93. The van der Waals surface area contributed by atoms with Gasteiger partial charge in [0, 0.05) is 51.3 Å². The van der Waals surface area contributed by atoms with E-state index in [-0.39, 0.29) is 23.7 Å². The van der Waals surface area contributed by atoms with Crippen LogP contribution in [0.25, 0.3) is 0 Å². The highest BCUT2D eigenvalue weighted by molar-refractivity contribution is 5.98. The maximum atomic E-state index is 12.1. The highest BCUT2D eigenvalue weighted by Crippen LogP contribution is 2.40. The molecule has 2 rings (SSSR count). The molecule has 0 radical (unpaired) electrons. The maximum absolute atomic E-state index is 12.1. The molecular formula is C15H24N2O3. The van der Waals surface area contributed by atoms with Crippen LogP contribution in [-0.2, 0) is 9.53 Å². The van der Waals surface area contributed by atoms with Gasteiger partial charge in [0.25, 0.3) is 0 Å². The van der Waals surface area contributed by atoms with Gasteiger partial charge in [0.05, 0.1) is 0 Å². The van der Waals surface area contributed by atoms with Gasteiger partial charge in [-0.2, -0.15) is 0 Å². The summed E-state index contributed by atoms with van der Waals surface area (Å²) in [6.07, 6.45) is 2.17. The molecule has 112 valence electrons. The molecule has 0 aromatic carbocycles. The average Bonchev–Trinajstić information content (AvgIpc) is 2.76. The Kier molecular flexibility index (Phi) is 3.80. The first-order chi connectivity index (χ1) is 9.17. The Morgan fingerprint density at radius 3 is 2.55 bits per heavy atom. The SMILES string of the molecule is CN(C)/C=C1/C(=O)CC2CN(C(=O)OC(C)(C)C)CC12. The molecular weight excluding hydrogens is 256 g/mol. The van der Waals surface area contributed by atoms with E-state index < -0.39 is 5.60 Å². The predicted molar refractivity (Wildman–Crippen MR) is 76.2 cm³/mol. The largest absolute Gasteiger partial charge is 0.444 e. The van der Waals surface area contributed by atoms with Crippen LogP contribution in [0.4, 0.5) is 4.79 Å². The van der Waals surface area contributed by atoms with Gasteiger partial charge >= 0.3 is 6.09 Å². The number of fused-ring (bicyclic) bond motifs is 1. The molecule has 1 amide bonds. The van der Waals surface area contributed by atoms with Crippen LogP contribution in [0.1, 0.15) is 27.2 Å². The molecule has 2 fully saturated rings. The standard InChI is InChI=1S/C15H24N2O3/c1-15(2,3)20-14(19)17-7-10-6-13(18)12(8-16(4)5)11(10)9-17/h8,10-11H,6-7,9H2,1-5H3/b12-8+. The number of carbonyl (C=O) groups is 2. The van der Waals surface area contributed by atoms with Crippen molar-refractivity contribution in [2.24, 2.45) is 11.8 Å². The Hall–Kier alpha value is -1.52. The molecule has 1 saturated heterocycles. The summed E-state index contributed by atoms with van der Waals surface area (Å²) in [5.41, 5.74) is 0.374. The average molecular weight is 280 g/mol. The molecule has 1 saturated carbocycles. The van der Waals surface area contributed by atoms with Gasteiger partial charge in [-0.25, -0.2) is 4.79 Å². The minimum absolute atomic E-state index is 0.164. The Balaban J connectivity index is 2.06. The van der Waals surface area contributed by atoms with Gasteiger partial charge in [-0.15, -0.1) is 0 Å². The minimum atomic E-state index is -0.479. The van der Waals surface area contributed by atoms with Gasteiger partial charge in [-0.3, -0.25) is 4.79 Å². The lowest BCUT2D eigenvalue weighted by Gasteiger charge is -2.25. The Bertz CT molecular complexity index is 449. The first-order valence-electron chi connectivity index (χ1n) is 7.06. The van der Waals surface area contributed by atoms with E-state index in [9.17, 15) is 9.59 Å². The number of nitrogens with zero attached hydrogens (tertiary/aromatic N) is 2. The van der Waals surface area contributed by atoms with Crippen molar-refractivity contribution in [1.82, 2.24) is 9.80 Å². The number of hydrogen-bond acceptors (Lipinski definition) is 4. The summed E-state index contributed by atoms with van der Waals surface area (Å²) in [7, 11) is 3.82. The first kappa shape index (κ1) is 14.9. The lowest BCUT2D eigenvalue weighted by atomic mass is 9.98. The van der Waals surface area contributed by atoms with Crippen LogP contribution >= 0.6 is 0 Å². The van der Waals surface area contributed by atoms with Crippen molar-refractivity contribution < 1.29 is 14.3 Å². The zero-order valence-electron chi connectivity index (χ0n) is 13.0. The smallest absolute Gasteiger partial charge is 0.410 e. The number of hydrogen-bond donors (Lipinski definition) is 0. The third-order valence-corrected chi connectivity index (χ3v) is 3.66. The monoisotopic (exact) mass is 280 g/mol. The fraction of sp³-hybridized carbons (Fsp3) is 0.733. The number of ketones is 1. The third kappa shape index (κ3) is 3.14. The van der Waals surface area contributed by atoms with Gasteiger partial charge in [0.1, 0.15) is 5.60 Å². The molecule has 5 nitrogen and oxygen atoms in total. The van der Waals surface area contributed by atoms with Crippen molar-refractivity contribution >= 4 is 11.9 Å². The number of amides is 1. The maximum Gasteiger partial charge on any atom is 0.410 e. The lowest BCUT2D eigenvalue weighted by molar-refractivity contribution is -0.115. The summed E-state index contributed by atoms with van der Waals surface area (Å²) < 4.78 is 5.40. The first-order valence-corrected chi connectivity index (χ1v) is 7.06. The summed E-state index contributed by atoms with van der Waals surface area (Å²) in [5.74, 6) is 0.635. The number of rotatable bonds is 1. The van der Waals surface area contributed by atoms with Crippen LogP contribution < -0.4 is 0 Å². The van der Waals surface area contributed by atoms with Crippen LogP contribution in [0.3, 0.4) is 0 Å². The van der Waals surface area contributed by atoms with E-state index in [0.717, 1.165) is 5.57 Å². The number of likely N-dealkylation sites (tertiary alicyclic amines) is 1. The summed E-state index contributed by atoms with van der Waals surface area (Å²) in [6.45, 7) is 6.80. The molecule has 0 N–H and O–H groups in total. The summed E-state index contributed by atoms with van der Waals surface area (Å²) in [5, 5.41) is 0. The quantitative estimate of drug-likeness (QED) is 0.688. The number of carbonyl (C=O) groups excluding carboxylic acids is 2. The van der Waals surface area contributed by atoms with Crippen molar-refractivity contribution in [1.29, 1.82) is 0 Å². The van der Waals surface area contributed by atoms with E-state index >= 15 is 0 Å². The molecule has 20 heavy (non-hydrogen) atoms. The lowest BCUT2D eigenvalue weighted by Crippen LogP contribution is -2.36. The third-order valence-electron chi connectivity index (χ3n) is 3.66. The zero-order valence-corrected chi connectivity index (χ0v) is 13.0. The highest BCUT2D eigenvalue weighted by atomic mass is 16.6. The second kappa shape index (κ2) is 5.11. The van der Waals surface area contributed by atoms with E-state index in [1.54, 1.807) is 4.90 Å². The van der Waals surface area contributed by atoms with Crippen molar-refractivity contribution in [3.05, 3.63) is 11.8 Å². The fourth-order valence-electron chi connectivity index (χ4n) is 2.91. The predicted octanol–water partition coefficient (Wildman–Crippen LogP) is 1.89. The van der Waals surface area contributed by atoms with Crippen LogP contribution in [0.5, 0.6) is 0 Å². The zero-order chi connectivity index (χ0) is 15.1. The van der Waals surface area contributed by atoms with Gasteiger partial charge < -0.3 is 14.5 Å². The van der Waals surface area contributed by atoms with E-state index in [1.165, 1.54) is 0 Å². The van der Waals surface area contributed by atoms with Crippen molar-refractivity contribution in [3.63, 3.8) is 0 Å².